The Morgan fingerprint density at radius 1 is 1.65 bits per heavy atom. The minimum absolute atomic E-state index is 0.0216. The molecule has 0 unspecified atom stereocenters. The van der Waals surface area contributed by atoms with E-state index in [9.17, 15) is 14.7 Å². The summed E-state index contributed by atoms with van der Waals surface area (Å²) < 4.78 is 6.17. The van der Waals surface area contributed by atoms with E-state index in [-0.39, 0.29) is 30.0 Å². The van der Waals surface area contributed by atoms with Crippen LogP contribution in [0.4, 0.5) is 0 Å². The van der Waals surface area contributed by atoms with E-state index in [1.807, 2.05) is 0 Å². The molecule has 0 bridgehead atoms. The third-order valence-corrected chi connectivity index (χ3v) is 2.34. The third-order valence-electron chi connectivity index (χ3n) is 2.34. The maximum Gasteiger partial charge on any atom is 0.343 e. The average molecular weight is 237 g/mol. The van der Waals surface area contributed by atoms with Crippen LogP contribution in [0.25, 0.3) is 0 Å². The van der Waals surface area contributed by atoms with Crippen molar-refractivity contribution in [3.8, 4) is 5.75 Å². The first-order chi connectivity index (χ1) is 8.02. The molecule has 0 aromatic carbocycles. The largest absolute Gasteiger partial charge is 0.507 e. The second-order valence-corrected chi connectivity index (χ2v) is 3.45. The van der Waals surface area contributed by atoms with E-state index in [2.05, 4.69) is 6.58 Å². The van der Waals surface area contributed by atoms with Gasteiger partial charge >= 0.3 is 5.97 Å². The van der Waals surface area contributed by atoms with Crippen LogP contribution in [0.2, 0.25) is 0 Å². The van der Waals surface area contributed by atoms with Gasteiger partial charge < -0.3 is 14.4 Å². The van der Waals surface area contributed by atoms with Gasteiger partial charge in [0.05, 0.1) is 6.61 Å². The Labute approximate surface area is 99.0 Å². The number of pyridine rings is 1. The molecule has 0 saturated carbocycles. The number of hydrogen-bond donors (Lipinski definition) is 1. The minimum atomic E-state index is -0.639. The molecule has 0 spiro atoms. The Morgan fingerprint density at radius 2 is 2.29 bits per heavy atom. The fraction of sp³-hybridized carbons (Fsp3) is 0.333. The highest BCUT2D eigenvalue weighted by Crippen LogP contribution is 2.19. The summed E-state index contributed by atoms with van der Waals surface area (Å²) in [6, 6.07) is 1.00. The van der Waals surface area contributed by atoms with Crippen LogP contribution in [0.3, 0.4) is 0 Å². The zero-order valence-electron chi connectivity index (χ0n) is 9.90. The van der Waals surface area contributed by atoms with E-state index in [0.29, 0.717) is 5.69 Å². The van der Waals surface area contributed by atoms with E-state index in [1.54, 1.807) is 19.9 Å². The van der Waals surface area contributed by atoms with Crippen molar-refractivity contribution in [3.05, 3.63) is 40.3 Å². The van der Waals surface area contributed by atoms with Gasteiger partial charge in [-0.1, -0.05) is 6.08 Å². The van der Waals surface area contributed by atoms with Crippen molar-refractivity contribution in [2.24, 2.45) is 0 Å². The fourth-order valence-corrected chi connectivity index (χ4v) is 1.56. The molecule has 1 rings (SSSR count). The van der Waals surface area contributed by atoms with Crippen molar-refractivity contribution in [1.29, 1.82) is 0 Å². The summed E-state index contributed by atoms with van der Waals surface area (Å²) in [7, 11) is 0. The molecule has 1 N–H and O–H groups in total. The lowest BCUT2D eigenvalue weighted by Crippen LogP contribution is -2.24. The smallest absolute Gasteiger partial charge is 0.343 e. The number of hydrogen-bond acceptors (Lipinski definition) is 4. The van der Waals surface area contributed by atoms with Gasteiger partial charge in [-0.05, 0) is 13.8 Å². The van der Waals surface area contributed by atoms with Crippen molar-refractivity contribution < 1.29 is 14.6 Å². The zero-order valence-corrected chi connectivity index (χ0v) is 9.90. The van der Waals surface area contributed by atoms with E-state index < -0.39 is 5.97 Å². The first-order valence-corrected chi connectivity index (χ1v) is 5.24. The molecule has 0 atom stereocenters. The molecule has 92 valence electrons. The number of allylic oxidation sites excluding steroid dienone is 1. The molecule has 1 aromatic heterocycles. The van der Waals surface area contributed by atoms with Crippen molar-refractivity contribution in [2.75, 3.05) is 6.61 Å². The molecule has 0 amide bonds. The Hall–Kier alpha value is -2.04. The quantitative estimate of drug-likeness (QED) is 0.631. The predicted octanol–water partition coefficient (Wildman–Crippen LogP) is 1.23. The van der Waals surface area contributed by atoms with Crippen LogP contribution in [0.15, 0.2) is 23.5 Å². The number of esters is 1. The molecule has 0 aliphatic rings. The fourth-order valence-electron chi connectivity index (χ4n) is 1.56. The van der Waals surface area contributed by atoms with Crippen LogP contribution in [0, 0.1) is 6.92 Å². The summed E-state index contributed by atoms with van der Waals surface area (Å²) in [6.07, 6.45) is 1.54. The van der Waals surface area contributed by atoms with Gasteiger partial charge in [0, 0.05) is 18.3 Å². The summed E-state index contributed by atoms with van der Waals surface area (Å²) in [5.41, 5.74) is 0.00889. The summed E-state index contributed by atoms with van der Waals surface area (Å²) in [5.74, 6) is -0.994. The number of carbonyl (C=O) groups excluding carboxylic acids is 1. The Kier molecular flexibility index (Phi) is 4.09. The molecule has 5 nitrogen and oxygen atoms in total. The Bertz CT molecular complexity index is 502. The number of nitrogens with zero attached hydrogens (tertiary/aromatic N) is 1. The van der Waals surface area contributed by atoms with Gasteiger partial charge in [-0.3, -0.25) is 4.79 Å². The maximum absolute atomic E-state index is 11.6. The van der Waals surface area contributed by atoms with Crippen LogP contribution in [0.1, 0.15) is 23.0 Å². The normalized spacial score (nSPS) is 10.0. The highest BCUT2D eigenvalue weighted by Gasteiger charge is 2.19. The lowest BCUT2D eigenvalue weighted by Gasteiger charge is -2.12. The number of rotatable bonds is 4. The van der Waals surface area contributed by atoms with Gasteiger partial charge in [-0.2, -0.15) is 0 Å². The number of aromatic nitrogens is 1. The molecule has 1 aromatic rings. The second kappa shape index (κ2) is 5.34. The molecule has 0 radical (unpaired) electrons. The average Bonchev–Trinajstić information content (AvgIpc) is 2.24. The SMILES string of the molecule is C=CCn1c(C)c(C(=O)OCC)c(O)cc1=O. The second-order valence-electron chi connectivity index (χ2n) is 3.45. The number of aromatic hydroxyl groups is 1. The summed E-state index contributed by atoms with van der Waals surface area (Å²) in [5, 5.41) is 9.62. The van der Waals surface area contributed by atoms with Gasteiger partial charge in [0.25, 0.3) is 5.56 Å². The van der Waals surface area contributed by atoms with Crippen LogP contribution in [-0.2, 0) is 11.3 Å². The topological polar surface area (TPSA) is 68.5 Å². The van der Waals surface area contributed by atoms with E-state index in [1.165, 1.54) is 4.57 Å². The molecule has 17 heavy (non-hydrogen) atoms. The van der Waals surface area contributed by atoms with E-state index in [0.717, 1.165) is 6.07 Å². The molecule has 0 aliphatic carbocycles. The van der Waals surface area contributed by atoms with Gasteiger partial charge in [-0.15, -0.1) is 6.58 Å². The Balaban J connectivity index is 3.40. The molecule has 1 heterocycles. The standard InChI is InChI=1S/C12H15NO4/c1-4-6-13-8(3)11(12(16)17-5-2)9(14)7-10(13)15/h4,7,14H,1,5-6H2,2-3H3. The van der Waals surface area contributed by atoms with Crippen LogP contribution < -0.4 is 5.56 Å². The van der Waals surface area contributed by atoms with Gasteiger partial charge in [0.2, 0.25) is 0 Å². The van der Waals surface area contributed by atoms with Crippen molar-refractivity contribution >= 4 is 5.97 Å². The first-order valence-electron chi connectivity index (χ1n) is 5.24. The summed E-state index contributed by atoms with van der Waals surface area (Å²) in [6.45, 7) is 7.27. The zero-order chi connectivity index (χ0) is 13.0. The molecule has 5 heteroatoms. The monoisotopic (exact) mass is 237 g/mol. The molecular formula is C12H15NO4. The van der Waals surface area contributed by atoms with Crippen molar-refractivity contribution in [1.82, 2.24) is 4.57 Å². The van der Waals surface area contributed by atoms with Crippen LogP contribution in [-0.4, -0.2) is 22.2 Å². The summed E-state index contributed by atoms with van der Waals surface area (Å²) >= 11 is 0. The Morgan fingerprint density at radius 3 is 2.82 bits per heavy atom. The number of carbonyl (C=O) groups is 1. The van der Waals surface area contributed by atoms with E-state index in [4.69, 9.17) is 4.74 Å². The molecule has 0 saturated heterocycles. The molecule has 0 aliphatic heterocycles. The van der Waals surface area contributed by atoms with Crippen molar-refractivity contribution in [3.63, 3.8) is 0 Å². The maximum atomic E-state index is 11.6. The van der Waals surface area contributed by atoms with E-state index >= 15 is 0 Å². The van der Waals surface area contributed by atoms with Gasteiger partial charge in [0.15, 0.2) is 0 Å². The summed E-state index contributed by atoms with van der Waals surface area (Å²) in [4.78, 5) is 23.2. The lowest BCUT2D eigenvalue weighted by molar-refractivity contribution is 0.0521. The highest BCUT2D eigenvalue weighted by molar-refractivity contribution is 5.93. The highest BCUT2D eigenvalue weighted by atomic mass is 16.5. The molecule has 0 fully saturated rings. The third kappa shape index (κ3) is 2.55. The predicted molar refractivity (Wildman–Crippen MR) is 63.3 cm³/mol. The minimum Gasteiger partial charge on any atom is -0.507 e. The van der Waals surface area contributed by atoms with Gasteiger partial charge in [0.1, 0.15) is 11.3 Å². The number of ether oxygens (including phenoxy) is 1. The van der Waals surface area contributed by atoms with Crippen LogP contribution in [0.5, 0.6) is 5.75 Å². The van der Waals surface area contributed by atoms with Crippen LogP contribution >= 0.6 is 0 Å². The van der Waals surface area contributed by atoms with Crippen molar-refractivity contribution in [2.45, 2.75) is 20.4 Å². The lowest BCUT2D eigenvalue weighted by atomic mass is 10.1. The van der Waals surface area contributed by atoms with Gasteiger partial charge in [-0.25, -0.2) is 4.79 Å². The first kappa shape index (κ1) is 13.0. The molecular weight excluding hydrogens is 222 g/mol.